The summed E-state index contributed by atoms with van der Waals surface area (Å²) in [4.78, 5) is 0. The van der Waals surface area contributed by atoms with Crippen molar-refractivity contribution >= 4 is 0 Å². The normalized spacial score (nSPS) is 21.5. The Labute approximate surface area is 137 Å². The van der Waals surface area contributed by atoms with Crippen LogP contribution in [0, 0.1) is 0 Å². The van der Waals surface area contributed by atoms with Crippen molar-refractivity contribution < 1.29 is 61.3 Å². The smallest absolute Gasteiger partial charge is 0.111 e. The van der Waals surface area contributed by atoms with Gasteiger partial charge in [-0.25, -0.2) is 0 Å². The van der Waals surface area contributed by atoms with E-state index in [1.807, 2.05) is 0 Å². The Morgan fingerprint density at radius 1 is 0.333 bits per heavy atom. The summed E-state index contributed by atoms with van der Waals surface area (Å²) >= 11 is 0. The van der Waals surface area contributed by atoms with Crippen molar-refractivity contribution in [3.63, 3.8) is 0 Å². The lowest BCUT2D eigenvalue weighted by atomic mass is 10.0. The van der Waals surface area contributed by atoms with Gasteiger partial charge >= 0.3 is 0 Å². The molecule has 8 atom stereocenters. The predicted octanol–water partition coefficient (Wildman–Crippen LogP) is -7.17. The first-order chi connectivity index (χ1) is 11.1. The second kappa shape index (κ2) is 13.8. The molecule has 0 fully saturated rings. The van der Waals surface area contributed by atoms with Crippen molar-refractivity contribution in [1.29, 1.82) is 0 Å². The van der Waals surface area contributed by atoms with Gasteiger partial charge in [0.1, 0.15) is 48.8 Å². The highest BCUT2D eigenvalue weighted by Crippen LogP contribution is 2.04. The summed E-state index contributed by atoms with van der Waals surface area (Å²) in [7, 11) is 0. The average Bonchev–Trinajstić information content (AvgIpc) is 2.62. The first-order valence-electron chi connectivity index (χ1n) is 6.96. The Morgan fingerprint density at radius 2 is 0.458 bits per heavy atom. The van der Waals surface area contributed by atoms with Crippen molar-refractivity contribution in [2.75, 3.05) is 26.4 Å². The molecule has 0 amide bonds. The molecule has 0 heterocycles. The second-order valence-corrected chi connectivity index (χ2v) is 4.96. The molecule has 0 aliphatic heterocycles. The van der Waals surface area contributed by atoms with Crippen molar-refractivity contribution in [2.45, 2.75) is 48.8 Å². The molecule has 0 saturated carbocycles. The van der Waals surface area contributed by atoms with Crippen LogP contribution in [0.3, 0.4) is 0 Å². The van der Waals surface area contributed by atoms with Crippen molar-refractivity contribution in [1.82, 2.24) is 0 Å². The molecule has 148 valence electrons. The van der Waals surface area contributed by atoms with E-state index in [0.29, 0.717) is 0 Å². The molecule has 0 aromatic carbocycles. The van der Waals surface area contributed by atoms with Gasteiger partial charge in [-0.2, -0.15) is 0 Å². The maximum atomic E-state index is 8.96. The van der Waals surface area contributed by atoms with Gasteiger partial charge in [-0.1, -0.05) is 0 Å². The number of aliphatic hydroxyl groups excluding tert-OH is 12. The molecular formula is C12H28O12. The van der Waals surface area contributed by atoms with Gasteiger partial charge in [0, 0.05) is 0 Å². The zero-order valence-electron chi connectivity index (χ0n) is 12.8. The Bertz CT molecular complexity index is 237. The van der Waals surface area contributed by atoms with E-state index in [0.717, 1.165) is 0 Å². The van der Waals surface area contributed by atoms with Gasteiger partial charge in [0.05, 0.1) is 26.4 Å². The van der Waals surface area contributed by atoms with Gasteiger partial charge in [-0.15, -0.1) is 0 Å². The Morgan fingerprint density at radius 3 is 0.542 bits per heavy atom. The molecule has 0 radical (unpaired) electrons. The molecule has 0 saturated heterocycles. The summed E-state index contributed by atoms with van der Waals surface area (Å²) in [6, 6.07) is 0. The molecule has 24 heavy (non-hydrogen) atoms. The summed E-state index contributed by atoms with van der Waals surface area (Å²) < 4.78 is 0. The van der Waals surface area contributed by atoms with Crippen molar-refractivity contribution in [2.24, 2.45) is 0 Å². The van der Waals surface area contributed by atoms with Gasteiger partial charge in [-0.05, 0) is 0 Å². The third-order valence-corrected chi connectivity index (χ3v) is 3.02. The van der Waals surface area contributed by atoms with Crippen LogP contribution in [-0.4, -0.2) is 137 Å². The van der Waals surface area contributed by atoms with E-state index < -0.39 is 75.3 Å². The first-order valence-corrected chi connectivity index (χ1v) is 6.96. The zero-order valence-corrected chi connectivity index (χ0v) is 12.8. The molecule has 0 aliphatic carbocycles. The van der Waals surface area contributed by atoms with Crippen LogP contribution in [0.4, 0.5) is 0 Å². The number of hydrogen-bond donors (Lipinski definition) is 12. The van der Waals surface area contributed by atoms with E-state index in [1.54, 1.807) is 0 Å². The first kappa shape index (κ1) is 25.8. The predicted molar refractivity (Wildman–Crippen MR) is 76.4 cm³/mol. The lowest BCUT2D eigenvalue weighted by molar-refractivity contribution is -0.123. The molecule has 12 N–H and O–H groups in total. The molecule has 12 nitrogen and oxygen atoms in total. The minimum absolute atomic E-state index is 0.726. The molecule has 12 heteroatoms. The van der Waals surface area contributed by atoms with E-state index in [4.69, 9.17) is 61.3 Å². The van der Waals surface area contributed by atoms with Crippen LogP contribution in [0.2, 0.25) is 0 Å². The standard InChI is InChI=1S/2C6H14O6/c2*7-1-3(9)5(11)6(12)4(10)2-8/h2*3-12H,1-2H2/t2*3-,4-,5-,6+/m11/s1. The van der Waals surface area contributed by atoms with Gasteiger partial charge in [-0.3, -0.25) is 0 Å². The summed E-state index contributed by atoms with van der Waals surface area (Å²) in [5.74, 6) is 0. The maximum absolute atomic E-state index is 8.96. The molecule has 0 rings (SSSR count). The van der Waals surface area contributed by atoms with Gasteiger partial charge < -0.3 is 61.3 Å². The SMILES string of the molecule is OC[C@@H](O)[C@H](O)[C@H](O)[C@H](O)CO.OC[C@@H](O)[C@H](O)[C@H](O)[C@H](O)CO. The molecule has 0 bridgehead atoms. The number of hydrogen-bond acceptors (Lipinski definition) is 12. The van der Waals surface area contributed by atoms with Crippen LogP contribution in [0.5, 0.6) is 0 Å². The van der Waals surface area contributed by atoms with Crippen LogP contribution in [0.15, 0.2) is 0 Å². The lowest BCUT2D eigenvalue weighted by Crippen LogP contribution is -2.46. The number of aliphatic hydroxyl groups is 12. The van der Waals surface area contributed by atoms with Crippen molar-refractivity contribution in [3.8, 4) is 0 Å². The molecule has 0 spiro atoms. The van der Waals surface area contributed by atoms with Gasteiger partial charge in [0.25, 0.3) is 0 Å². The van der Waals surface area contributed by atoms with Gasteiger partial charge in [0.2, 0.25) is 0 Å². The van der Waals surface area contributed by atoms with Crippen LogP contribution in [0.25, 0.3) is 0 Å². The largest absolute Gasteiger partial charge is 0.394 e. The second-order valence-electron chi connectivity index (χ2n) is 4.96. The fourth-order valence-corrected chi connectivity index (χ4v) is 1.34. The highest BCUT2D eigenvalue weighted by atomic mass is 16.4. The average molecular weight is 364 g/mol. The highest BCUT2D eigenvalue weighted by molar-refractivity contribution is 4.80. The Hall–Kier alpha value is -0.480. The summed E-state index contributed by atoms with van der Waals surface area (Å²) in [6.45, 7) is -2.90. The lowest BCUT2D eigenvalue weighted by Gasteiger charge is -2.24. The topological polar surface area (TPSA) is 243 Å². The minimum Gasteiger partial charge on any atom is -0.394 e. The van der Waals surface area contributed by atoms with Crippen LogP contribution < -0.4 is 0 Å². The van der Waals surface area contributed by atoms with E-state index in [2.05, 4.69) is 0 Å². The van der Waals surface area contributed by atoms with E-state index in [1.165, 1.54) is 0 Å². The van der Waals surface area contributed by atoms with Crippen LogP contribution in [-0.2, 0) is 0 Å². The van der Waals surface area contributed by atoms with Crippen LogP contribution >= 0.6 is 0 Å². The molecule has 0 aromatic rings. The third-order valence-electron chi connectivity index (χ3n) is 3.02. The summed E-state index contributed by atoms with van der Waals surface area (Å²) in [5, 5.41) is 104. The molecule has 0 aromatic heterocycles. The summed E-state index contributed by atoms with van der Waals surface area (Å²) in [5.41, 5.74) is 0. The van der Waals surface area contributed by atoms with E-state index >= 15 is 0 Å². The zero-order chi connectivity index (χ0) is 19.4. The van der Waals surface area contributed by atoms with Gasteiger partial charge in [0.15, 0.2) is 0 Å². The van der Waals surface area contributed by atoms with Crippen LogP contribution in [0.1, 0.15) is 0 Å². The highest BCUT2D eigenvalue weighted by Gasteiger charge is 2.30. The van der Waals surface area contributed by atoms with Crippen molar-refractivity contribution in [3.05, 3.63) is 0 Å². The fraction of sp³-hybridized carbons (Fsp3) is 1.00. The molecule has 0 unspecified atom stereocenters. The van der Waals surface area contributed by atoms with E-state index in [-0.39, 0.29) is 0 Å². The Kier molecular flexibility index (Phi) is 14.8. The third kappa shape index (κ3) is 9.12. The fourth-order valence-electron chi connectivity index (χ4n) is 1.34. The maximum Gasteiger partial charge on any atom is 0.111 e. The Balaban J connectivity index is 0. The monoisotopic (exact) mass is 364 g/mol. The molecule has 0 aliphatic rings. The minimum atomic E-state index is -1.67. The van der Waals surface area contributed by atoms with E-state index in [9.17, 15) is 0 Å². The summed E-state index contributed by atoms with van der Waals surface area (Å²) in [6.07, 6.45) is -12.8. The molecular weight excluding hydrogens is 336 g/mol. The number of rotatable bonds is 10. The quantitative estimate of drug-likeness (QED) is 0.173.